The highest BCUT2D eigenvalue weighted by Gasteiger charge is 2.20. The zero-order chi connectivity index (χ0) is 21.0. The third kappa shape index (κ3) is 5.03. The maximum Gasteiger partial charge on any atom is 0.257 e. The summed E-state index contributed by atoms with van der Waals surface area (Å²) in [6.07, 6.45) is 0. The SMILES string of the molecule is CC(C)NS(=O)(=O)c1ccc(Cl)c(C(=O)Nc2ccccc2-c2ccccc2)c1. The first-order valence-electron chi connectivity index (χ1n) is 9.05. The number of sulfonamides is 1. The second kappa shape index (κ2) is 8.78. The summed E-state index contributed by atoms with van der Waals surface area (Å²) in [5.41, 5.74) is 2.49. The quantitative estimate of drug-likeness (QED) is 0.583. The average molecular weight is 429 g/mol. The molecule has 0 spiro atoms. The molecule has 0 unspecified atom stereocenters. The summed E-state index contributed by atoms with van der Waals surface area (Å²) in [7, 11) is -3.74. The summed E-state index contributed by atoms with van der Waals surface area (Å²) >= 11 is 6.19. The number of nitrogens with one attached hydrogen (secondary N) is 2. The lowest BCUT2D eigenvalue weighted by Gasteiger charge is -2.14. The number of carbonyl (C=O) groups is 1. The fourth-order valence-electron chi connectivity index (χ4n) is 2.88. The van der Waals surface area contributed by atoms with Crippen molar-refractivity contribution in [2.75, 3.05) is 5.32 Å². The van der Waals surface area contributed by atoms with Gasteiger partial charge >= 0.3 is 0 Å². The molecule has 0 aliphatic heterocycles. The van der Waals surface area contributed by atoms with Crippen molar-refractivity contribution in [3.63, 3.8) is 0 Å². The Labute approximate surface area is 175 Å². The second-order valence-electron chi connectivity index (χ2n) is 6.78. The van der Waals surface area contributed by atoms with Crippen molar-refractivity contribution < 1.29 is 13.2 Å². The number of benzene rings is 3. The molecular weight excluding hydrogens is 408 g/mol. The fraction of sp³-hybridized carbons (Fsp3) is 0.136. The monoisotopic (exact) mass is 428 g/mol. The molecule has 0 atom stereocenters. The molecular formula is C22H21ClN2O3S. The Balaban J connectivity index is 1.94. The van der Waals surface area contributed by atoms with Gasteiger partial charge in [-0.05, 0) is 43.7 Å². The van der Waals surface area contributed by atoms with Crippen LogP contribution < -0.4 is 10.0 Å². The smallest absolute Gasteiger partial charge is 0.257 e. The second-order valence-corrected chi connectivity index (χ2v) is 8.90. The fourth-order valence-corrected chi connectivity index (χ4v) is 4.36. The van der Waals surface area contributed by atoms with E-state index < -0.39 is 15.9 Å². The number of rotatable bonds is 6. The Morgan fingerprint density at radius 2 is 1.59 bits per heavy atom. The lowest BCUT2D eigenvalue weighted by Crippen LogP contribution is -2.30. The Hall–Kier alpha value is -2.67. The van der Waals surface area contributed by atoms with Gasteiger partial charge in [0.05, 0.1) is 15.5 Å². The summed E-state index contributed by atoms with van der Waals surface area (Å²) in [5.74, 6) is -0.486. The number of carbonyl (C=O) groups excluding carboxylic acids is 1. The van der Waals surface area contributed by atoms with Crippen LogP contribution in [0.3, 0.4) is 0 Å². The normalized spacial score (nSPS) is 11.4. The first kappa shape index (κ1) is 21.0. The molecule has 3 rings (SSSR count). The Kier molecular flexibility index (Phi) is 6.37. The molecule has 0 aliphatic carbocycles. The number of hydrogen-bond acceptors (Lipinski definition) is 3. The van der Waals surface area contributed by atoms with Crippen LogP contribution in [0.2, 0.25) is 5.02 Å². The highest BCUT2D eigenvalue weighted by atomic mass is 35.5. The minimum Gasteiger partial charge on any atom is -0.321 e. The molecule has 0 saturated heterocycles. The number of halogens is 1. The zero-order valence-corrected chi connectivity index (χ0v) is 17.6. The summed E-state index contributed by atoms with van der Waals surface area (Å²) in [4.78, 5) is 12.9. The molecule has 3 aromatic rings. The van der Waals surface area contributed by atoms with E-state index in [2.05, 4.69) is 10.0 Å². The standard InChI is InChI=1S/C22H21ClN2O3S/c1-15(2)25-29(27,28)17-12-13-20(23)19(14-17)22(26)24-21-11-7-6-10-18(21)16-8-4-3-5-9-16/h3-15,25H,1-2H3,(H,24,26). The minimum atomic E-state index is -3.74. The van der Waals surface area contributed by atoms with Crippen molar-refractivity contribution in [2.24, 2.45) is 0 Å². The maximum absolute atomic E-state index is 12.9. The molecule has 3 aromatic carbocycles. The first-order valence-corrected chi connectivity index (χ1v) is 10.9. The van der Waals surface area contributed by atoms with Gasteiger partial charge in [-0.2, -0.15) is 0 Å². The van der Waals surface area contributed by atoms with Crippen LogP contribution in [0.5, 0.6) is 0 Å². The van der Waals surface area contributed by atoms with Crippen LogP contribution in [-0.4, -0.2) is 20.4 Å². The van der Waals surface area contributed by atoms with Gasteiger partial charge in [-0.15, -0.1) is 0 Å². The van der Waals surface area contributed by atoms with Crippen molar-refractivity contribution in [3.05, 3.63) is 83.4 Å². The van der Waals surface area contributed by atoms with E-state index in [1.807, 2.05) is 48.5 Å². The molecule has 0 heterocycles. The van der Waals surface area contributed by atoms with E-state index >= 15 is 0 Å². The van der Waals surface area contributed by atoms with Gasteiger partial charge in [-0.3, -0.25) is 4.79 Å². The lowest BCUT2D eigenvalue weighted by atomic mass is 10.0. The zero-order valence-electron chi connectivity index (χ0n) is 16.0. The van der Waals surface area contributed by atoms with Crippen LogP contribution in [-0.2, 0) is 10.0 Å². The largest absolute Gasteiger partial charge is 0.321 e. The highest BCUT2D eigenvalue weighted by Crippen LogP contribution is 2.29. The van der Waals surface area contributed by atoms with Crippen LogP contribution >= 0.6 is 11.6 Å². The third-order valence-electron chi connectivity index (χ3n) is 4.14. The van der Waals surface area contributed by atoms with Gasteiger partial charge < -0.3 is 5.32 Å². The van der Waals surface area contributed by atoms with Crippen LogP contribution in [0.1, 0.15) is 24.2 Å². The molecule has 0 fully saturated rings. The van der Waals surface area contributed by atoms with Gasteiger partial charge in [0.15, 0.2) is 0 Å². The van der Waals surface area contributed by atoms with Gasteiger partial charge in [0.2, 0.25) is 10.0 Å². The molecule has 0 aromatic heterocycles. The summed E-state index contributed by atoms with van der Waals surface area (Å²) < 4.78 is 27.4. The lowest BCUT2D eigenvalue weighted by molar-refractivity contribution is 0.102. The molecule has 0 radical (unpaired) electrons. The summed E-state index contributed by atoms with van der Waals surface area (Å²) in [6, 6.07) is 20.8. The molecule has 150 valence electrons. The summed E-state index contributed by atoms with van der Waals surface area (Å²) in [5, 5.41) is 3.02. The van der Waals surface area contributed by atoms with E-state index in [9.17, 15) is 13.2 Å². The molecule has 0 aliphatic rings. The molecule has 7 heteroatoms. The van der Waals surface area contributed by atoms with Gasteiger partial charge in [0.25, 0.3) is 5.91 Å². The van der Waals surface area contributed by atoms with E-state index in [1.165, 1.54) is 18.2 Å². The predicted molar refractivity (Wildman–Crippen MR) is 117 cm³/mol. The molecule has 5 nitrogen and oxygen atoms in total. The van der Waals surface area contributed by atoms with Crippen LogP contribution in [0.15, 0.2) is 77.7 Å². The van der Waals surface area contributed by atoms with Crippen molar-refractivity contribution >= 4 is 33.2 Å². The van der Waals surface area contributed by atoms with Crippen molar-refractivity contribution in [1.82, 2.24) is 4.72 Å². The minimum absolute atomic E-state index is 0.0166. The molecule has 2 N–H and O–H groups in total. The number of hydrogen-bond donors (Lipinski definition) is 2. The van der Waals surface area contributed by atoms with Gasteiger partial charge in [0.1, 0.15) is 0 Å². The Morgan fingerprint density at radius 1 is 0.931 bits per heavy atom. The van der Waals surface area contributed by atoms with E-state index in [0.717, 1.165) is 11.1 Å². The molecule has 1 amide bonds. The van der Waals surface area contributed by atoms with Gasteiger partial charge in [-0.25, -0.2) is 13.1 Å². The molecule has 29 heavy (non-hydrogen) atoms. The van der Waals surface area contributed by atoms with E-state index in [1.54, 1.807) is 19.9 Å². The van der Waals surface area contributed by atoms with Crippen molar-refractivity contribution in [1.29, 1.82) is 0 Å². The van der Waals surface area contributed by atoms with Crippen molar-refractivity contribution in [3.8, 4) is 11.1 Å². The average Bonchev–Trinajstić information content (AvgIpc) is 2.68. The van der Waals surface area contributed by atoms with E-state index in [4.69, 9.17) is 11.6 Å². The predicted octanol–water partition coefficient (Wildman–Crippen LogP) is 4.95. The Morgan fingerprint density at radius 3 is 2.28 bits per heavy atom. The first-order chi connectivity index (χ1) is 13.8. The number of amides is 1. The molecule has 0 bridgehead atoms. The van der Waals surface area contributed by atoms with Gasteiger partial charge in [-0.1, -0.05) is 60.1 Å². The maximum atomic E-state index is 12.9. The topological polar surface area (TPSA) is 75.3 Å². The van der Waals surface area contributed by atoms with E-state index in [0.29, 0.717) is 5.69 Å². The van der Waals surface area contributed by atoms with E-state index in [-0.39, 0.29) is 21.5 Å². The van der Waals surface area contributed by atoms with Crippen LogP contribution in [0.25, 0.3) is 11.1 Å². The third-order valence-corrected chi connectivity index (χ3v) is 6.13. The Bertz CT molecular complexity index is 1130. The highest BCUT2D eigenvalue weighted by molar-refractivity contribution is 7.89. The number of para-hydroxylation sites is 1. The summed E-state index contributed by atoms with van der Waals surface area (Å²) in [6.45, 7) is 3.45. The van der Waals surface area contributed by atoms with Crippen molar-refractivity contribution in [2.45, 2.75) is 24.8 Å². The number of anilines is 1. The van der Waals surface area contributed by atoms with Crippen LogP contribution in [0, 0.1) is 0 Å². The van der Waals surface area contributed by atoms with Crippen LogP contribution in [0.4, 0.5) is 5.69 Å². The van der Waals surface area contributed by atoms with Gasteiger partial charge in [0, 0.05) is 17.3 Å². The molecule has 0 saturated carbocycles.